The Balaban J connectivity index is 3.14. The third-order valence-corrected chi connectivity index (χ3v) is 0.883. The fraction of sp³-hybridized carbons (Fsp3) is 0.600. The van der Waals surface area contributed by atoms with Crippen LogP contribution in [0.1, 0.15) is 13.8 Å². The molecule has 0 fully saturated rings. The summed E-state index contributed by atoms with van der Waals surface area (Å²) in [6.07, 6.45) is 2.18. The van der Waals surface area contributed by atoms with Gasteiger partial charge >= 0.3 is 47.6 Å². The summed E-state index contributed by atoms with van der Waals surface area (Å²) in [5, 5.41) is 1.11. The van der Waals surface area contributed by atoms with Crippen LogP contribution in [0.25, 0.3) is 0 Å². The molecule has 34 valence electrons. The molecule has 0 aliphatic rings. The minimum atomic E-state index is 1.11. The summed E-state index contributed by atoms with van der Waals surface area (Å²) in [5.74, 6) is 0. The van der Waals surface area contributed by atoms with Gasteiger partial charge in [0.25, 0.3) is 0 Å². The Bertz CT molecular complexity index is 51.0. The molecule has 6 heavy (non-hydrogen) atoms. The average Bonchev–Trinajstić information content (AvgIpc) is 1.35. The van der Waals surface area contributed by atoms with Gasteiger partial charge in [-0.3, -0.25) is 0 Å². The maximum atomic E-state index is 2.52. The van der Waals surface area contributed by atoms with Crippen LogP contribution in [0.2, 0.25) is 5.21 Å². The molecule has 0 aromatic carbocycles. The van der Waals surface area contributed by atoms with Gasteiger partial charge in [-0.15, -0.1) is 0 Å². The van der Waals surface area contributed by atoms with Gasteiger partial charge in [0.1, 0.15) is 0 Å². The molecule has 0 spiro atoms. The quantitative estimate of drug-likeness (QED) is 0.386. The second-order valence-electron chi connectivity index (χ2n) is 1.46. The van der Waals surface area contributed by atoms with Crippen LogP contribution in [0, 0.1) is 0 Å². The normalized spacial score (nSPS) is 7.83. The number of hydrogen-bond acceptors (Lipinski definition) is 0. The van der Waals surface area contributed by atoms with Crippen molar-refractivity contribution >= 4 is 16.9 Å². The van der Waals surface area contributed by atoms with E-state index in [4.69, 9.17) is 0 Å². The molecule has 0 saturated heterocycles. The van der Waals surface area contributed by atoms with Gasteiger partial charge in [-0.05, 0) is 0 Å². The molecule has 0 unspecified atom stereocenters. The van der Waals surface area contributed by atoms with Crippen LogP contribution >= 0.6 is 0 Å². The van der Waals surface area contributed by atoms with E-state index in [1.807, 2.05) is 0 Å². The van der Waals surface area contributed by atoms with E-state index >= 15 is 0 Å². The van der Waals surface area contributed by atoms with Crippen LogP contribution in [0.3, 0.4) is 0 Å². The first kappa shape index (κ1) is 6.30. The van der Waals surface area contributed by atoms with Crippen molar-refractivity contribution < 1.29 is 0 Å². The van der Waals surface area contributed by atoms with Crippen LogP contribution < -0.4 is 0 Å². The summed E-state index contributed by atoms with van der Waals surface area (Å²) in [5.41, 5.74) is 1.40. The number of allylic oxidation sites excluding steroid dienone is 2. The first-order chi connectivity index (χ1) is 2.77. The van der Waals surface area contributed by atoms with E-state index in [1.165, 1.54) is 5.57 Å². The monoisotopic (exact) mass is 144 g/mol. The van der Waals surface area contributed by atoms with Gasteiger partial charge in [0.2, 0.25) is 0 Å². The zero-order chi connectivity index (χ0) is 4.99. The molecular formula is C5H9As. The van der Waals surface area contributed by atoms with Crippen molar-refractivity contribution in [3.63, 3.8) is 0 Å². The Morgan fingerprint density at radius 2 is 2.17 bits per heavy atom. The van der Waals surface area contributed by atoms with Crippen molar-refractivity contribution in [2.24, 2.45) is 0 Å². The van der Waals surface area contributed by atoms with Gasteiger partial charge in [-0.25, -0.2) is 0 Å². The topological polar surface area (TPSA) is 0 Å². The van der Waals surface area contributed by atoms with Crippen LogP contribution in [0.15, 0.2) is 11.6 Å². The molecule has 0 saturated carbocycles. The van der Waals surface area contributed by atoms with E-state index in [0.717, 1.165) is 5.21 Å². The third kappa shape index (κ3) is 4.30. The van der Waals surface area contributed by atoms with E-state index in [-0.39, 0.29) is 0 Å². The molecule has 0 N–H and O–H groups in total. The Morgan fingerprint density at radius 1 is 1.67 bits per heavy atom. The first-order valence-corrected chi connectivity index (χ1v) is 3.34. The van der Waals surface area contributed by atoms with Crippen molar-refractivity contribution in [3.8, 4) is 0 Å². The molecule has 0 atom stereocenters. The maximum absolute atomic E-state index is 2.52. The van der Waals surface area contributed by atoms with E-state index in [0.29, 0.717) is 0 Å². The Labute approximate surface area is 48.1 Å². The third-order valence-electron chi connectivity index (χ3n) is 0.500. The van der Waals surface area contributed by atoms with Crippen LogP contribution in [-0.4, -0.2) is 16.9 Å². The molecule has 0 rings (SSSR count). The van der Waals surface area contributed by atoms with Crippen molar-refractivity contribution in [2.75, 3.05) is 0 Å². The summed E-state index contributed by atoms with van der Waals surface area (Å²) >= 11 is 2.52. The Morgan fingerprint density at radius 3 is 2.17 bits per heavy atom. The van der Waals surface area contributed by atoms with Gasteiger partial charge < -0.3 is 0 Å². The number of hydrogen-bond donors (Lipinski definition) is 0. The van der Waals surface area contributed by atoms with Crippen LogP contribution in [-0.2, 0) is 0 Å². The molecular weight excluding hydrogens is 135 g/mol. The zero-order valence-electron chi connectivity index (χ0n) is 4.23. The van der Waals surface area contributed by atoms with Crippen molar-refractivity contribution in [3.05, 3.63) is 11.6 Å². The first-order valence-electron chi connectivity index (χ1n) is 2.01. The molecule has 0 aliphatic heterocycles. The predicted octanol–water partition coefficient (Wildman–Crippen LogP) is 1.54. The van der Waals surface area contributed by atoms with Crippen molar-refractivity contribution in [1.82, 2.24) is 0 Å². The molecule has 1 heteroatoms. The van der Waals surface area contributed by atoms with E-state index in [9.17, 15) is 0 Å². The van der Waals surface area contributed by atoms with E-state index in [2.05, 4.69) is 36.8 Å². The molecule has 0 heterocycles. The van der Waals surface area contributed by atoms with Crippen LogP contribution in [0.5, 0.6) is 0 Å². The molecule has 0 bridgehead atoms. The van der Waals surface area contributed by atoms with Crippen molar-refractivity contribution in [2.45, 2.75) is 19.1 Å². The fourth-order valence-electron chi connectivity index (χ4n) is 0.183. The SMILES string of the molecule is CC(C)=CC[As]. The Hall–Kier alpha value is 0.298. The van der Waals surface area contributed by atoms with Gasteiger partial charge in [0.15, 0.2) is 0 Å². The predicted molar refractivity (Wildman–Crippen MR) is 30.0 cm³/mol. The summed E-state index contributed by atoms with van der Waals surface area (Å²) < 4.78 is 0. The molecule has 0 aromatic heterocycles. The molecule has 0 aliphatic carbocycles. The van der Waals surface area contributed by atoms with E-state index < -0.39 is 0 Å². The summed E-state index contributed by atoms with van der Waals surface area (Å²) in [6.45, 7) is 4.21. The standard InChI is InChI=1S/C5H9As/c1-5(2)3-4-6/h3H,4H2,1-2H3. The second kappa shape index (κ2) is 3.49. The Kier molecular flexibility index (Phi) is 3.66. The van der Waals surface area contributed by atoms with Gasteiger partial charge in [-0.1, -0.05) is 0 Å². The second-order valence-corrected chi connectivity index (χ2v) is 2.23. The van der Waals surface area contributed by atoms with Crippen molar-refractivity contribution in [1.29, 1.82) is 0 Å². The number of rotatable bonds is 1. The van der Waals surface area contributed by atoms with Gasteiger partial charge in [-0.2, -0.15) is 0 Å². The molecule has 0 nitrogen and oxygen atoms in total. The van der Waals surface area contributed by atoms with Gasteiger partial charge in [0.05, 0.1) is 0 Å². The fourth-order valence-corrected chi connectivity index (χ4v) is 0.949. The van der Waals surface area contributed by atoms with Gasteiger partial charge in [0, 0.05) is 0 Å². The molecule has 0 aromatic rings. The minimum absolute atomic E-state index is 1.11. The molecule has 0 amide bonds. The summed E-state index contributed by atoms with van der Waals surface area (Å²) in [4.78, 5) is 0. The summed E-state index contributed by atoms with van der Waals surface area (Å²) in [6, 6.07) is 0. The molecule has 2 radical (unpaired) electrons. The zero-order valence-corrected chi connectivity index (χ0v) is 6.11. The van der Waals surface area contributed by atoms with E-state index in [1.54, 1.807) is 0 Å². The summed E-state index contributed by atoms with van der Waals surface area (Å²) in [7, 11) is 0. The van der Waals surface area contributed by atoms with Crippen LogP contribution in [0.4, 0.5) is 0 Å². The average molecular weight is 144 g/mol.